The maximum atomic E-state index is 12.6. The summed E-state index contributed by atoms with van der Waals surface area (Å²) in [6.07, 6.45) is -8.64. The van der Waals surface area contributed by atoms with Crippen molar-refractivity contribution in [1.29, 1.82) is 5.26 Å². The predicted molar refractivity (Wildman–Crippen MR) is 50.2 cm³/mol. The lowest BCUT2D eigenvalue weighted by Gasteiger charge is -2.12. The fourth-order valence-electron chi connectivity index (χ4n) is 1.16. The third-order valence-electron chi connectivity index (χ3n) is 1.80. The van der Waals surface area contributed by atoms with Crippen LogP contribution in [0.4, 0.5) is 22.0 Å². The molecule has 0 fully saturated rings. The molecular weight excluding hydrogens is 283 g/mol. The molecule has 0 aliphatic rings. The zero-order valence-corrected chi connectivity index (χ0v) is 9.19. The van der Waals surface area contributed by atoms with E-state index in [0.29, 0.717) is 6.07 Å². The molecule has 3 nitrogen and oxygen atoms in total. The van der Waals surface area contributed by atoms with E-state index >= 15 is 0 Å². The van der Waals surface area contributed by atoms with Gasteiger partial charge in [-0.3, -0.25) is 0 Å². The lowest BCUT2D eigenvalue weighted by Crippen LogP contribution is -2.18. The average molecular weight is 287 g/mol. The molecule has 0 aromatic carbocycles. The maximum Gasteiger partial charge on any atom is 0.574 e. The molecular formula is C9H4ClF5N2O. The van der Waals surface area contributed by atoms with Crippen molar-refractivity contribution < 1.29 is 26.7 Å². The van der Waals surface area contributed by atoms with Crippen LogP contribution in [-0.2, 0) is 6.42 Å². The molecule has 0 amide bonds. The Bertz CT molecular complexity index is 483. The molecule has 0 saturated carbocycles. The Labute approximate surface area is 103 Å². The van der Waals surface area contributed by atoms with E-state index in [4.69, 9.17) is 16.9 Å². The van der Waals surface area contributed by atoms with Crippen molar-refractivity contribution in [3.63, 3.8) is 0 Å². The molecule has 1 aromatic heterocycles. The van der Waals surface area contributed by atoms with Crippen LogP contribution in [0, 0.1) is 11.3 Å². The maximum absolute atomic E-state index is 12.6. The number of nitriles is 1. The number of rotatable bonds is 3. The van der Waals surface area contributed by atoms with Crippen molar-refractivity contribution in [2.45, 2.75) is 19.2 Å². The summed E-state index contributed by atoms with van der Waals surface area (Å²) in [5, 5.41) is 7.80. The van der Waals surface area contributed by atoms with Gasteiger partial charge in [0.1, 0.15) is 5.15 Å². The van der Waals surface area contributed by atoms with Crippen LogP contribution >= 0.6 is 11.6 Å². The van der Waals surface area contributed by atoms with Crippen molar-refractivity contribution in [1.82, 2.24) is 4.98 Å². The number of halogens is 6. The van der Waals surface area contributed by atoms with Crippen LogP contribution in [0.15, 0.2) is 6.07 Å². The van der Waals surface area contributed by atoms with Gasteiger partial charge in [0.05, 0.1) is 12.5 Å². The first-order valence-corrected chi connectivity index (χ1v) is 4.72. The van der Waals surface area contributed by atoms with E-state index in [9.17, 15) is 22.0 Å². The highest BCUT2D eigenvalue weighted by Gasteiger charge is 2.33. The number of ether oxygens (including phenoxy) is 1. The molecule has 98 valence electrons. The van der Waals surface area contributed by atoms with Gasteiger partial charge in [-0.15, -0.1) is 13.2 Å². The van der Waals surface area contributed by atoms with Gasteiger partial charge >= 0.3 is 6.36 Å². The number of hydrogen-bond acceptors (Lipinski definition) is 3. The first kappa shape index (κ1) is 14.4. The standard InChI is InChI=1S/C9H4ClF5N2O/c10-7-4(1-2-16)5(8(11)12)3-6(17-7)18-9(13,14)15/h3,8H,1H2. The van der Waals surface area contributed by atoms with Gasteiger partial charge < -0.3 is 4.74 Å². The molecule has 0 spiro atoms. The van der Waals surface area contributed by atoms with Gasteiger partial charge in [-0.25, -0.2) is 13.8 Å². The Morgan fingerprint density at radius 1 is 1.44 bits per heavy atom. The lowest BCUT2D eigenvalue weighted by molar-refractivity contribution is -0.276. The van der Waals surface area contributed by atoms with Crippen LogP contribution in [0.25, 0.3) is 0 Å². The second kappa shape index (κ2) is 5.35. The quantitative estimate of drug-likeness (QED) is 0.629. The Morgan fingerprint density at radius 3 is 2.50 bits per heavy atom. The minimum absolute atomic E-state index is 0.316. The molecule has 0 N–H and O–H groups in total. The van der Waals surface area contributed by atoms with Crippen molar-refractivity contribution >= 4 is 11.6 Å². The highest BCUT2D eigenvalue weighted by Crippen LogP contribution is 2.32. The van der Waals surface area contributed by atoms with Crippen LogP contribution in [0.5, 0.6) is 5.88 Å². The average Bonchev–Trinajstić information content (AvgIpc) is 2.19. The van der Waals surface area contributed by atoms with Gasteiger partial charge in [0, 0.05) is 17.2 Å². The second-order valence-electron chi connectivity index (χ2n) is 3.00. The monoisotopic (exact) mass is 286 g/mol. The second-order valence-corrected chi connectivity index (χ2v) is 3.36. The molecule has 0 unspecified atom stereocenters. The van der Waals surface area contributed by atoms with Crippen LogP contribution in [-0.4, -0.2) is 11.3 Å². The number of alkyl halides is 5. The zero-order chi connectivity index (χ0) is 13.9. The molecule has 1 aromatic rings. The fourth-order valence-corrected chi connectivity index (χ4v) is 1.41. The van der Waals surface area contributed by atoms with Crippen LogP contribution < -0.4 is 4.74 Å². The van der Waals surface area contributed by atoms with Gasteiger partial charge in [0.25, 0.3) is 6.43 Å². The molecule has 0 aliphatic carbocycles. The summed E-state index contributed by atoms with van der Waals surface area (Å²) in [6, 6.07) is 1.98. The highest BCUT2D eigenvalue weighted by molar-refractivity contribution is 6.30. The van der Waals surface area contributed by atoms with Gasteiger partial charge in [0.2, 0.25) is 5.88 Å². The third-order valence-corrected chi connectivity index (χ3v) is 2.11. The summed E-state index contributed by atoms with van der Waals surface area (Å²) < 4.78 is 64.3. The molecule has 1 rings (SSSR count). The summed E-state index contributed by atoms with van der Waals surface area (Å²) >= 11 is 5.44. The van der Waals surface area contributed by atoms with Crippen LogP contribution in [0.2, 0.25) is 5.15 Å². The van der Waals surface area contributed by atoms with Gasteiger partial charge in [-0.1, -0.05) is 11.6 Å². The molecule has 1 heterocycles. The third kappa shape index (κ3) is 3.70. The van der Waals surface area contributed by atoms with Gasteiger partial charge in [-0.05, 0) is 0 Å². The van der Waals surface area contributed by atoms with E-state index in [1.54, 1.807) is 6.07 Å². The summed E-state index contributed by atoms with van der Waals surface area (Å²) in [6.45, 7) is 0. The number of aromatic nitrogens is 1. The Balaban J connectivity index is 3.24. The Hall–Kier alpha value is -1.62. The minimum atomic E-state index is -5.06. The van der Waals surface area contributed by atoms with Crippen molar-refractivity contribution in [3.8, 4) is 11.9 Å². The minimum Gasteiger partial charge on any atom is -0.388 e. The summed E-state index contributed by atoms with van der Waals surface area (Å²) in [5.41, 5.74) is -1.13. The summed E-state index contributed by atoms with van der Waals surface area (Å²) in [5.74, 6) is -1.09. The molecule has 0 radical (unpaired) electrons. The zero-order valence-electron chi connectivity index (χ0n) is 8.43. The van der Waals surface area contributed by atoms with E-state index in [2.05, 4.69) is 9.72 Å². The fraction of sp³-hybridized carbons (Fsp3) is 0.333. The summed E-state index contributed by atoms with van der Waals surface area (Å²) in [4.78, 5) is 3.16. The van der Waals surface area contributed by atoms with E-state index in [-0.39, 0.29) is 5.56 Å². The normalized spacial score (nSPS) is 11.4. The van der Waals surface area contributed by atoms with E-state index in [0.717, 1.165) is 0 Å². The SMILES string of the molecule is N#CCc1c(C(F)F)cc(OC(F)(F)F)nc1Cl. The molecule has 0 bridgehead atoms. The highest BCUT2D eigenvalue weighted by atomic mass is 35.5. The van der Waals surface area contributed by atoms with E-state index in [1.807, 2.05) is 0 Å². The largest absolute Gasteiger partial charge is 0.574 e. The number of nitrogens with zero attached hydrogens (tertiary/aromatic N) is 2. The molecule has 0 aliphatic heterocycles. The smallest absolute Gasteiger partial charge is 0.388 e. The molecule has 18 heavy (non-hydrogen) atoms. The van der Waals surface area contributed by atoms with Crippen molar-refractivity contribution in [2.75, 3.05) is 0 Å². The predicted octanol–water partition coefficient (Wildman–Crippen LogP) is 3.64. The number of pyridine rings is 1. The molecule has 0 saturated heterocycles. The van der Waals surface area contributed by atoms with E-state index < -0.39 is 35.8 Å². The Morgan fingerprint density at radius 2 is 2.06 bits per heavy atom. The summed E-state index contributed by atoms with van der Waals surface area (Å²) in [7, 11) is 0. The van der Waals surface area contributed by atoms with Crippen LogP contribution in [0.3, 0.4) is 0 Å². The van der Waals surface area contributed by atoms with Gasteiger partial charge in [-0.2, -0.15) is 5.26 Å². The lowest BCUT2D eigenvalue weighted by atomic mass is 10.1. The number of hydrogen-bond donors (Lipinski definition) is 0. The molecule has 0 atom stereocenters. The van der Waals surface area contributed by atoms with Crippen LogP contribution in [0.1, 0.15) is 17.6 Å². The van der Waals surface area contributed by atoms with Crippen molar-refractivity contribution in [3.05, 3.63) is 22.3 Å². The van der Waals surface area contributed by atoms with Crippen molar-refractivity contribution in [2.24, 2.45) is 0 Å². The molecule has 9 heteroatoms. The van der Waals surface area contributed by atoms with E-state index in [1.165, 1.54) is 0 Å². The first-order chi connectivity index (χ1) is 8.24. The topological polar surface area (TPSA) is 45.9 Å². The van der Waals surface area contributed by atoms with Gasteiger partial charge in [0.15, 0.2) is 0 Å². The Kier molecular flexibility index (Phi) is 4.29. The first-order valence-electron chi connectivity index (χ1n) is 4.34.